The number of carbonyl (C=O) groups is 1. The molecule has 5 heteroatoms. The van der Waals surface area contributed by atoms with E-state index in [1.54, 1.807) is 12.5 Å². The molecule has 0 spiro atoms. The second-order valence-corrected chi connectivity index (χ2v) is 3.67. The number of aromatic nitrogens is 2. The molecule has 0 aliphatic heterocycles. The van der Waals surface area contributed by atoms with E-state index in [2.05, 4.69) is 4.98 Å². The van der Waals surface area contributed by atoms with Gasteiger partial charge in [-0.3, -0.25) is 9.69 Å². The highest BCUT2D eigenvalue weighted by Gasteiger charge is 2.20. The van der Waals surface area contributed by atoms with Gasteiger partial charge < -0.3 is 9.67 Å². The predicted octanol–water partition coefficient (Wildman–Crippen LogP) is 0.715. The number of carboxylic acid groups (broad SMARTS) is 1. The van der Waals surface area contributed by atoms with Crippen molar-refractivity contribution in [2.45, 2.75) is 25.9 Å². The van der Waals surface area contributed by atoms with Crippen molar-refractivity contribution in [2.24, 2.45) is 7.05 Å². The number of imidazole rings is 1. The number of likely N-dealkylation sites (N-methyl/N-ethyl adjacent to an activating group) is 1. The summed E-state index contributed by atoms with van der Waals surface area (Å²) in [4.78, 5) is 16.7. The van der Waals surface area contributed by atoms with Gasteiger partial charge in [0.1, 0.15) is 6.04 Å². The zero-order valence-corrected chi connectivity index (χ0v) is 9.34. The summed E-state index contributed by atoms with van der Waals surface area (Å²) in [5.74, 6) is -0.776. The highest BCUT2D eigenvalue weighted by molar-refractivity contribution is 5.73. The van der Waals surface area contributed by atoms with Gasteiger partial charge in [-0.2, -0.15) is 0 Å². The van der Waals surface area contributed by atoms with Gasteiger partial charge in [-0.15, -0.1) is 0 Å². The number of hydrogen-bond acceptors (Lipinski definition) is 3. The molecule has 1 unspecified atom stereocenters. The van der Waals surface area contributed by atoms with E-state index in [1.165, 1.54) is 0 Å². The lowest BCUT2D eigenvalue weighted by atomic mass is 10.2. The molecule has 84 valence electrons. The zero-order chi connectivity index (χ0) is 11.4. The summed E-state index contributed by atoms with van der Waals surface area (Å²) < 4.78 is 1.89. The lowest BCUT2D eigenvalue weighted by molar-refractivity contribution is -0.143. The Labute approximate surface area is 89.3 Å². The van der Waals surface area contributed by atoms with Gasteiger partial charge in [0, 0.05) is 19.8 Å². The van der Waals surface area contributed by atoms with E-state index >= 15 is 0 Å². The van der Waals surface area contributed by atoms with Crippen molar-refractivity contribution >= 4 is 5.97 Å². The van der Waals surface area contributed by atoms with Crippen molar-refractivity contribution in [2.75, 3.05) is 7.05 Å². The molecule has 5 nitrogen and oxygen atoms in total. The molecule has 15 heavy (non-hydrogen) atoms. The van der Waals surface area contributed by atoms with E-state index in [1.807, 2.05) is 30.5 Å². The topological polar surface area (TPSA) is 58.4 Å². The van der Waals surface area contributed by atoms with Crippen molar-refractivity contribution in [3.05, 3.63) is 18.2 Å². The van der Waals surface area contributed by atoms with Crippen LogP contribution in [0.5, 0.6) is 0 Å². The minimum atomic E-state index is -0.776. The molecular formula is C10H17N3O2. The molecule has 0 bridgehead atoms. The van der Waals surface area contributed by atoms with Crippen LogP contribution >= 0.6 is 0 Å². The summed E-state index contributed by atoms with van der Waals surface area (Å²) in [6.07, 6.45) is 4.07. The Bertz CT molecular complexity index is 335. The first-order valence-electron chi connectivity index (χ1n) is 4.94. The van der Waals surface area contributed by atoms with Crippen molar-refractivity contribution in [3.63, 3.8) is 0 Å². The molecule has 0 saturated carbocycles. The van der Waals surface area contributed by atoms with Gasteiger partial charge in [0.05, 0.1) is 12.0 Å². The van der Waals surface area contributed by atoms with Crippen LogP contribution in [0.1, 0.15) is 19.0 Å². The van der Waals surface area contributed by atoms with Gasteiger partial charge in [0.25, 0.3) is 0 Å². The zero-order valence-electron chi connectivity index (χ0n) is 9.34. The molecule has 1 atom stereocenters. The van der Waals surface area contributed by atoms with Crippen LogP contribution in [-0.2, 0) is 18.4 Å². The maximum Gasteiger partial charge on any atom is 0.320 e. The molecule has 1 aromatic heterocycles. The molecule has 0 aromatic carbocycles. The molecule has 1 N–H and O–H groups in total. The largest absolute Gasteiger partial charge is 0.480 e. The minimum Gasteiger partial charge on any atom is -0.480 e. The average Bonchev–Trinajstić information content (AvgIpc) is 2.52. The Morgan fingerprint density at radius 3 is 2.80 bits per heavy atom. The molecule has 1 rings (SSSR count). The van der Waals surface area contributed by atoms with E-state index in [0.29, 0.717) is 13.0 Å². The molecule has 0 saturated heterocycles. The molecule has 0 radical (unpaired) electrons. The number of nitrogens with zero attached hydrogens (tertiary/aromatic N) is 3. The van der Waals surface area contributed by atoms with E-state index in [0.717, 1.165) is 5.69 Å². The fourth-order valence-corrected chi connectivity index (χ4v) is 1.58. The highest BCUT2D eigenvalue weighted by atomic mass is 16.4. The van der Waals surface area contributed by atoms with Crippen molar-refractivity contribution in [1.82, 2.24) is 14.5 Å². The van der Waals surface area contributed by atoms with Crippen LogP contribution in [0.2, 0.25) is 0 Å². The highest BCUT2D eigenvalue weighted by Crippen LogP contribution is 2.07. The SMILES string of the molecule is CCC(C(=O)O)N(C)Cc1cncn1C. The van der Waals surface area contributed by atoms with E-state index in [4.69, 9.17) is 5.11 Å². The maximum absolute atomic E-state index is 10.9. The normalized spacial score (nSPS) is 13.1. The Morgan fingerprint density at radius 2 is 2.40 bits per heavy atom. The second kappa shape index (κ2) is 4.93. The first-order chi connectivity index (χ1) is 7.06. The quantitative estimate of drug-likeness (QED) is 0.779. The average molecular weight is 211 g/mol. The molecule has 0 aliphatic carbocycles. The van der Waals surface area contributed by atoms with Crippen LogP contribution in [0.15, 0.2) is 12.5 Å². The molecule has 0 aliphatic rings. The summed E-state index contributed by atoms with van der Waals surface area (Å²) in [5, 5.41) is 8.98. The standard InChI is InChI=1S/C10H17N3O2/c1-4-9(10(14)15)12(2)6-8-5-11-7-13(8)3/h5,7,9H,4,6H2,1-3H3,(H,14,15). The fraction of sp³-hybridized carbons (Fsp3) is 0.600. The van der Waals surface area contributed by atoms with Crippen LogP contribution in [0, 0.1) is 0 Å². The Balaban J connectivity index is 2.66. The Hall–Kier alpha value is -1.36. The fourth-order valence-electron chi connectivity index (χ4n) is 1.58. The van der Waals surface area contributed by atoms with E-state index in [9.17, 15) is 4.79 Å². The summed E-state index contributed by atoms with van der Waals surface area (Å²) in [6, 6.07) is -0.431. The van der Waals surface area contributed by atoms with Crippen LogP contribution in [-0.4, -0.2) is 38.6 Å². The predicted molar refractivity (Wildman–Crippen MR) is 56.4 cm³/mol. The van der Waals surface area contributed by atoms with Crippen LogP contribution in [0.3, 0.4) is 0 Å². The third kappa shape index (κ3) is 2.79. The Morgan fingerprint density at radius 1 is 1.73 bits per heavy atom. The Kier molecular flexibility index (Phi) is 3.85. The lowest BCUT2D eigenvalue weighted by Gasteiger charge is -2.23. The lowest BCUT2D eigenvalue weighted by Crippen LogP contribution is -2.37. The van der Waals surface area contributed by atoms with Crippen LogP contribution in [0.25, 0.3) is 0 Å². The third-order valence-corrected chi connectivity index (χ3v) is 2.53. The van der Waals surface area contributed by atoms with Crippen LogP contribution in [0.4, 0.5) is 0 Å². The van der Waals surface area contributed by atoms with Crippen molar-refractivity contribution in [3.8, 4) is 0 Å². The third-order valence-electron chi connectivity index (χ3n) is 2.53. The summed E-state index contributed by atoms with van der Waals surface area (Å²) in [6.45, 7) is 2.47. The molecule has 0 fully saturated rings. The number of hydrogen-bond donors (Lipinski definition) is 1. The number of carboxylic acids is 1. The number of aryl methyl sites for hydroxylation is 1. The monoisotopic (exact) mass is 211 g/mol. The first-order valence-corrected chi connectivity index (χ1v) is 4.94. The van der Waals surface area contributed by atoms with E-state index in [-0.39, 0.29) is 0 Å². The number of aliphatic carboxylic acids is 1. The van der Waals surface area contributed by atoms with E-state index < -0.39 is 12.0 Å². The van der Waals surface area contributed by atoms with Crippen LogP contribution < -0.4 is 0 Å². The van der Waals surface area contributed by atoms with Gasteiger partial charge in [0.2, 0.25) is 0 Å². The smallest absolute Gasteiger partial charge is 0.320 e. The van der Waals surface area contributed by atoms with Gasteiger partial charge in [-0.1, -0.05) is 6.92 Å². The van der Waals surface area contributed by atoms with Crippen molar-refractivity contribution < 1.29 is 9.90 Å². The number of rotatable bonds is 5. The minimum absolute atomic E-state index is 0.431. The maximum atomic E-state index is 10.9. The van der Waals surface area contributed by atoms with Gasteiger partial charge in [-0.05, 0) is 13.5 Å². The van der Waals surface area contributed by atoms with Crippen molar-refractivity contribution in [1.29, 1.82) is 0 Å². The second-order valence-electron chi connectivity index (χ2n) is 3.67. The summed E-state index contributed by atoms with van der Waals surface area (Å²) in [5.41, 5.74) is 1.01. The molecule has 0 amide bonds. The van der Waals surface area contributed by atoms with Gasteiger partial charge in [0.15, 0.2) is 0 Å². The van der Waals surface area contributed by atoms with Gasteiger partial charge >= 0.3 is 5.97 Å². The molecular weight excluding hydrogens is 194 g/mol. The molecule has 1 aromatic rings. The molecule has 1 heterocycles. The van der Waals surface area contributed by atoms with Gasteiger partial charge in [-0.25, -0.2) is 4.98 Å². The summed E-state index contributed by atoms with van der Waals surface area (Å²) in [7, 11) is 3.72. The summed E-state index contributed by atoms with van der Waals surface area (Å²) >= 11 is 0. The first kappa shape index (κ1) is 11.7.